The highest BCUT2D eigenvalue weighted by Gasteiger charge is 2.21. The van der Waals surface area contributed by atoms with Gasteiger partial charge in [-0.1, -0.05) is 6.92 Å². The topological polar surface area (TPSA) is 46.9 Å². The van der Waals surface area contributed by atoms with Crippen LogP contribution in [0.1, 0.15) is 34.3 Å². The lowest BCUT2D eigenvalue weighted by Crippen LogP contribution is -2.24. The first kappa shape index (κ1) is 14.8. The standard InChI is InChI=1S/C17H19N3OS/c1-4-7-18-16(21)15-14(20-8-5-6-9-20)13-11(2)10-12(3)19-17(13)22-15/h5-6,8-10H,4,7H2,1-3H3,(H,18,21). The summed E-state index contributed by atoms with van der Waals surface area (Å²) in [5.74, 6) is -0.0226. The monoisotopic (exact) mass is 313 g/mol. The van der Waals surface area contributed by atoms with E-state index in [9.17, 15) is 4.79 Å². The van der Waals surface area contributed by atoms with E-state index >= 15 is 0 Å². The van der Waals surface area contributed by atoms with Crippen LogP contribution >= 0.6 is 11.3 Å². The first-order valence-electron chi connectivity index (χ1n) is 7.44. The van der Waals surface area contributed by atoms with Crippen molar-refractivity contribution in [3.8, 4) is 5.69 Å². The van der Waals surface area contributed by atoms with Crippen LogP contribution in [0.5, 0.6) is 0 Å². The number of amides is 1. The van der Waals surface area contributed by atoms with Gasteiger partial charge >= 0.3 is 0 Å². The maximum Gasteiger partial charge on any atom is 0.263 e. The molecule has 3 aromatic rings. The van der Waals surface area contributed by atoms with Crippen LogP contribution in [0.4, 0.5) is 0 Å². The Kier molecular flexibility index (Phi) is 3.98. The molecule has 5 heteroatoms. The first-order chi connectivity index (χ1) is 10.6. The van der Waals surface area contributed by atoms with Crippen molar-refractivity contribution in [1.82, 2.24) is 14.9 Å². The second kappa shape index (κ2) is 5.93. The van der Waals surface area contributed by atoms with Crippen LogP contribution in [0.3, 0.4) is 0 Å². The Balaban J connectivity index is 2.25. The molecule has 0 aliphatic heterocycles. The molecule has 0 saturated heterocycles. The fourth-order valence-electron chi connectivity index (χ4n) is 2.63. The largest absolute Gasteiger partial charge is 0.351 e. The summed E-state index contributed by atoms with van der Waals surface area (Å²) in [6, 6.07) is 6.00. The molecule has 0 saturated carbocycles. The third kappa shape index (κ3) is 2.52. The fourth-order valence-corrected chi connectivity index (χ4v) is 3.84. The molecule has 0 unspecified atom stereocenters. The highest BCUT2D eigenvalue weighted by atomic mass is 32.1. The van der Waals surface area contributed by atoms with Gasteiger partial charge < -0.3 is 9.88 Å². The minimum atomic E-state index is -0.0226. The molecule has 1 N–H and O–H groups in total. The SMILES string of the molecule is CCCNC(=O)c1sc2nc(C)cc(C)c2c1-n1cccc1. The highest BCUT2D eigenvalue weighted by Crippen LogP contribution is 2.35. The number of rotatable bonds is 4. The quantitative estimate of drug-likeness (QED) is 0.795. The molecular formula is C17H19N3OS. The van der Waals surface area contributed by atoms with Crippen molar-refractivity contribution in [2.24, 2.45) is 0 Å². The third-order valence-corrected chi connectivity index (χ3v) is 4.64. The molecule has 22 heavy (non-hydrogen) atoms. The summed E-state index contributed by atoms with van der Waals surface area (Å²) in [5, 5.41) is 4.04. The van der Waals surface area contributed by atoms with Gasteiger partial charge in [0.2, 0.25) is 0 Å². The van der Waals surface area contributed by atoms with Crippen LogP contribution in [-0.4, -0.2) is 22.0 Å². The van der Waals surface area contributed by atoms with Crippen molar-refractivity contribution in [2.75, 3.05) is 6.54 Å². The number of carbonyl (C=O) groups excluding carboxylic acids is 1. The number of fused-ring (bicyclic) bond motifs is 1. The van der Waals surface area contributed by atoms with Gasteiger partial charge in [-0.2, -0.15) is 0 Å². The van der Waals surface area contributed by atoms with E-state index in [-0.39, 0.29) is 5.91 Å². The molecule has 0 atom stereocenters. The van der Waals surface area contributed by atoms with Gasteiger partial charge in [-0.25, -0.2) is 4.98 Å². The molecule has 3 aromatic heterocycles. The van der Waals surface area contributed by atoms with E-state index in [1.54, 1.807) is 0 Å². The number of nitrogens with zero attached hydrogens (tertiary/aromatic N) is 2. The molecule has 114 valence electrons. The number of aromatic nitrogens is 2. The summed E-state index contributed by atoms with van der Waals surface area (Å²) in [6.07, 6.45) is 4.86. The number of nitrogens with one attached hydrogen (secondary N) is 1. The van der Waals surface area contributed by atoms with E-state index in [4.69, 9.17) is 0 Å². The predicted molar refractivity (Wildman–Crippen MR) is 91.0 cm³/mol. The molecule has 4 nitrogen and oxygen atoms in total. The van der Waals surface area contributed by atoms with Crippen LogP contribution in [0.25, 0.3) is 15.9 Å². The zero-order chi connectivity index (χ0) is 15.7. The lowest BCUT2D eigenvalue weighted by atomic mass is 10.1. The van der Waals surface area contributed by atoms with Crippen LogP contribution in [-0.2, 0) is 0 Å². The van der Waals surface area contributed by atoms with Gasteiger partial charge in [0.1, 0.15) is 9.71 Å². The molecule has 0 aliphatic rings. The van der Waals surface area contributed by atoms with E-state index in [0.717, 1.165) is 38.5 Å². The van der Waals surface area contributed by atoms with Gasteiger partial charge in [-0.05, 0) is 44.0 Å². The summed E-state index contributed by atoms with van der Waals surface area (Å²) in [4.78, 5) is 18.8. The van der Waals surface area contributed by atoms with Crippen molar-refractivity contribution in [3.63, 3.8) is 0 Å². The Morgan fingerprint density at radius 3 is 2.73 bits per heavy atom. The lowest BCUT2D eigenvalue weighted by molar-refractivity contribution is 0.0958. The smallest absolute Gasteiger partial charge is 0.263 e. The van der Waals surface area contributed by atoms with Crippen molar-refractivity contribution >= 4 is 27.5 Å². The van der Waals surface area contributed by atoms with Crippen LogP contribution in [0.2, 0.25) is 0 Å². The molecule has 0 aliphatic carbocycles. The van der Waals surface area contributed by atoms with E-state index in [2.05, 4.69) is 23.3 Å². The van der Waals surface area contributed by atoms with Crippen LogP contribution in [0, 0.1) is 13.8 Å². The highest BCUT2D eigenvalue weighted by molar-refractivity contribution is 7.21. The van der Waals surface area contributed by atoms with Gasteiger partial charge in [0.05, 0.1) is 5.69 Å². The third-order valence-electron chi connectivity index (χ3n) is 3.57. The normalized spacial score (nSPS) is 11.0. The minimum Gasteiger partial charge on any atom is -0.351 e. The van der Waals surface area contributed by atoms with Crippen molar-refractivity contribution < 1.29 is 4.79 Å². The second-order valence-corrected chi connectivity index (χ2v) is 6.39. The first-order valence-corrected chi connectivity index (χ1v) is 8.25. The number of hydrogen-bond donors (Lipinski definition) is 1. The van der Waals surface area contributed by atoms with E-state index in [0.29, 0.717) is 6.54 Å². The molecule has 0 fully saturated rings. The van der Waals surface area contributed by atoms with Gasteiger partial charge in [-0.15, -0.1) is 11.3 Å². The minimum absolute atomic E-state index is 0.0226. The molecule has 3 rings (SSSR count). The Hall–Kier alpha value is -2.14. The van der Waals surface area contributed by atoms with Gasteiger partial charge in [-0.3, -0.25) is 4.79 Å². The maximum absolute atomic E-state index is 12.5. The van der Waals surface area contributed by atoms with Crippen LogP contribution in [0.15, 0.2) is 30.6 Å². The zero-order valence-corrected chi connectivity index (χ0v) is 13.8. The Bertz CT molecular complexity index is 818. The van der Waals surface area contributed by atoms with Gasteiger partial charge in [0.15, 0.2) is 0 Å². The average Bonchev–Trinajstić information content (AvgIpc) is 3.10. The van der Waals surface area contributed by atoms with E-state index in [1.165, 1.54) is 11.3 Å². The molecule has 0 bridgehead atoms. The Morgan fingerprint density at radius 1 is 1.32 bits per heavy atom. The van der Waals surface area contributed by atoms with Gasteiger partial charge in [0, 0.05) is 30.0 Å². The number of pyridine rings is 1. The molecule has 0 aromatic carbocycles. The fraction of sp³-hybridized carbons (Fsp3) is 0.294. The summed E-state index contributed by atoms with van der Waals surface area (Å²) >= 11 is 1.47. The molecule has 0 radical (unpaired) electrons. The molecular weight excluding hydrogens is 294 g/mol. The molecule has 0 spiro atoms. The Labute approximate surface area is 133 Å². The maximum atomic E-state index is 12.5. The van der Waals surface area contributed by atoms with E-state index in [1.807, 2.05) is 42.9 Å². The summed E-state index contributed by atoms with van der Waals surface area (Å²) in [6.45, 7) is 6.79. The molecule has 3 heterocycles. The lowest BCUT2D eigenvalue weighted by Gasteiger charge is -2.08. The summed E-state index contributed by atoms with van der Waals surface area (Å²) in [5.41, 5.74) is 3.06. The van der Waals surface area contributed by atoms with Crippen LogP contribution < -0.4 is 5.32 Å². The summed E-state index contributed by atoms with van der Waals surface area (Å²) < 4.78 is 2.00. The number of hydrogen-bond acceptors (Lipinski definition) is 3. The second-order valence-electron chi connectivity index (χ2n) is 5.39. The summed E-state index contributed by atoms with van der Waals surface area (Å²) in [7, 11) is 0. The van der Waals surface area contributed by atoms with Crippen molar-refractivity contribution in [3.05, 3.63) is 46.7 Å². The zero-order valence-electron chi connectivity index (χ0n) is 13.0. The van der Waals surface area contributed by atoms with Crippen molar-refractivity contribution in [2.45, 2.75) is 27.2 Å². The van der Waals surface area contributed by atoms with Gasteiger partial charge in [0.25, 0.3) is 5.91 Å². The number of aryl methyl sites for hydroxylation is 2. The van der Waals surface area contributed by atoms with E-state index < -0.39 is 0 Å². The number of carbonyl (C=O) groups is 1. The average molecular weight is 313 g/mol. The number of thiophene rings is 1. The molecule has 1 amide bonds. The predicted octanol–water partition coefficient (Wildman–Crippen LogP) is 3.84. The Morgan fingerprint density at radius 2 is 2.05 bits per heavy atom. The van der Waals surface area contributed by atoms with Crippen molar-refractivity contribution in [1.29, 1.82) is 0 Å².